The molecule has 0 saturated carbocycles. The Hall–Kier alpha value is -2.00. The molecule has 1 aromatic carbocycles. The summed E-state index contributed by atoms with van der Waals surface area (Å²) < 4.78 is 5.05. The normalized spacial score (nSPS) is 19.1. The van der Waals surface area contributed by atoms with Gasteiger partial charge in [0.25, 0.3) is 0 Å². The van der Waals surface area contributed by atoms with Crippen molar-refractivity contribution in [3.8, 4) is 0 Å². The van der Waals surface area contributed by atoms with E-state index in [4.69, 9.17) is 24.5 Å². The second kappa shape index (κ2) is 11.5. The first-order valence-corrected chi connectivity index (χ1v) is 8.16. The molecular weight excluding hydrogens is 326 g/mol. The van der Waals surface area contributed by atoms with E-state index in [-0.39, 0.29) is 0 Å². The number of hydrazine groups is 1. The van der Waals surface area contributed by atoms with Gasteiger partial charge in [-0.05, 0) is 25.5 Å². The minimum absolute atomic E-state index is 0.399. The van der Waals surface area contributed by atoms with Gasteiger partial charge in [-0.25, -0.2) is 15.0 Å². The first-order valence-electron chi connectivity index (χ1n) is 8.16. The van der Waals surface area contributed by atoms with E-state index in [2.05, 4.69) is 47.4 Å². The average molecular weight is 353 g/mol. The zero-order chi connectivity index (χ0) is 18.7. The van der Waals surface area contributed by atoms with Crippen LogP contribution < -0.4 is 16.2 Å². The molecule has 1 aliphatic heterocycles. The number of carbonyl (C=O) groups is 2. The van der Waals surface area contributed by atoms with Crippen molar-refractivity contribution >= 4 is 11.9 Å². The number of ether oxygens (including phenoxy) is 1. The molecule has 0 aliphatic carbocycles. The topological polar surface area (TPSA) is 120 Å². The smallest absolute Gasteiger partial charge is 0.414 e. The van der Waals surface area contributed by atoms with Gasteiger partial charge in [-0.1, -0.05) is 29.8 Å². The molecule has 25 heavy (non-hydrogen) atoms. The molecule has 1 aromatic rings. The Morgan fingerprint density at radius 1 is 1.24 bits per heavy atom. The standard InChI is InChI=1S/C15H25N3O.C2H2O4/c1-12-4-6-13(7-5-12)15-14(11-17-18-15)10-16-8-3-9-19-2;3-1(4)2(5)6/h4-7,14-18H,3,8-11H2,1-2H3;(H,3,4)(H,5,6). The summed E-state index contributed by atoms with van der Waals surface area (Å²) >= 11 is 0. The van der Waals surface area contributed by atoms with Gasteiger partial charge in [-0.15, -0.1) is 0 Å². The third-order valence-corrected chi connectivity index (χ3v) is 3.82. The van der Waals surface area contributed by atoms with Gasteiger partial charge in [0.15, 0.2) is 0 Å². The highest BCUT2D eigenvalue weighted by molar-refractivity contribution is 6.27. The van der Waals surface area contributed by atoms with Crippen LogP contribution >= 0.6 is 0 Å². The number of benzene rings is 1. The number of methoxy groups -OCH3 is 1. The Kier molecular flexibility index (Phi) is 9.71. The Labute approximate surface area is 147 Å². The molecule has 1 heterocycles. The van der Waals surface area contributed by atoms with Crippen molar-refractivity contribution in [2.45, 2.75) is 19.4 Å². The van der Waals surface area contributed by atoms with E-state index in [0.717, 1.165) is 32.7 Å². The zero-order valence-corrected chi connectivity index (χ0v) is 14.6. The quantitative estimate of drug-likeness (QED) is 0.356. The summed E-state index contributed by atoms with van der Waals surface area (Å²) in [6.45, 7) is 6.01. The van der Waals surface area contributed by atoms with Gasteiger partial charge in [0.05, 0.1) is 6.04 Å². The van der Waals surface area contributed by atoms with E-state index in [0.29, 0.717) is 12.0 Å². The van der Waals surface area contributed by atoms with Crippen LogP contribution in [0.2, 0.25) is 0 Å². The number of aliphatic carboxylic acids is 2. The lowest BCUT2D eigenvalue weighted by Gasteiger charge is -2.19. The fourth-order valence-corrected chi connectivity index (χ4v) is 2.48. The highest BCUT2D eigenvalue weighted by Crippen LogP contribution is 2.24. The third-order valence-electron chi connectivity index (χ3n) is 3.82. The van der Waals surface area contributed by atoms with Crippen LogP contribution in [0.25, 0.3) is 0 Å². The van der Waals surface area contributed by atoms with Crippen molar-refractivity contribution < 1.29 is 24.5 Å². The van der Waals surface area contributed by atoms with Crippen molar-refractivity contribution in [1.82, 2.24) is 16.2 Å². The maximum absolute atomic E-state index is 9.10. The van der Waals surface area contributed by atoms with Gasteiger partial charge < -0.3 is 20.3 Å². The van der Waals surface area contributed by atoms with Gasteiger partial charge in [0, 0.05) is 32.7 Å². The summed E-state index contributed by atoms with van der Waals surface area (Å²) in [4.78, 5) is 18.2. The molecule has 8 heteroatoms. The van der Waals surface area contributed by atoms with E-state index < -0.39 is 11.9 Å². The zero-order valence-electron chi connectivity index (χ0n) is 14.6. The Bertz CT molecular complexity index is 524. The lowest BCUT2D eigenvalue weighted by atomic mass is 9.94. The number of aryl methyl sites for hydroxylation is 1. The van der Waals surface area contributed by atoms with E-state index in [9.17, 15) is 0 Å². The minimum Gasteiger partial charge on any atom is -0.473 e. The summed E-state index contributed by atoms with van der Waals surface area (Å²) in [7, 11) is 1.75. The van der Waals surface area contributed by atoms with Gasteiger partial charge in [-0.2, -0.15) is 0 Å². The van der Waals surface area contributed by atoms with Crippen LogP contribution in [-0.2, 0) is 14.3 Å². The first kappa shape index (κ1) is 21.0. The first-order chi connectivity index (χ1) is 12.0. The molecule has 0 bridgehead atoms. The van der Waals surface area contributed by atoms with Crippen LogP contribution in [0.5, 0.6) is 0 Å². The van der Waals surface area contributed by atoms with Crippen LogP contribution in [-0.4, -0.2) is 55.5 Å². The van der Waals surface area contributed by atoms with Gasteiger partial charge in [-0.3, -0.25) is 5.43 Å². The molecule has 0 spiro atoms. The molecule has 2 unspecified atom stereocenters. The average Bonchev–Trinajstić information content (AvgIpc) is 3.04. The predicted octanol–water partition coefficient (Wildman–Crippen LogP) is 0.542. The Balaban J connectivity index is 0.000000450. The van der Waals surface area contributed by atoms with E-state index in [1.54, 1.807) is 7.11 Å². The van der Waals surface area contributed by atoms with Crippen LogP contribution in [0.1, 0.15) is 23.6 Å². The lowest BCUT2D eigenvalue weighted by molar-refractivity contribution is -0.159. The summed E-state index contributed by atoms with van der Waals surface area (Å²) in [6.07, 6.45) is 1.07. The molecule has 2 atom stereocenters. The van der Waals surface area contributed by atoms with Crippen LogP contribution in [0.3, 0.4) is 0 Å². The highest BCUT2D eigenvalue weighted by Gasteiger charge is 2.27. The highest BCUT2D eigenvalue weighted by atomic mass is 16.5. The second-order valence-corrected chi connectivity index (χ2v) is 5.83. The molecule has 0 amide bonds. The summed E-state index contributed by atoms with van der Waals surface area (Å²) in [5, 5.41) is 18.3. The third kappa shape index (κ3) is 8.08. The van der Waals surface area contributed by atoms with Crippen molar-refractivity contribution in [3.05, 3.63) is 35.4 Å². The largest absolute Gasteiger partial charge is 0.473 e. The monoisotopic (exact) mass is 353 g/mol. The fourth-order valence-electron chi connectivity index (χ4n) is 2.48. The molecule has 1 saturated heterocycles. The second-order valence-electron chi connectivity index (χ2n) is 5.83. The minimum atomic E-state index is -1.82. The summed E-state index contributed by atoms with van der Waals surface area (Å²) in [5.74, 6) is -3.06. The molecule has 8 nitrogen and oxygen atoms in total. The molecule has 0 aromatic heterocycles. The van der Waals surface area contributed by atoms with Gasteiger partial charge in [0.1, 0.15) is 0 Å². The van der Waals surface area contributed by atoms with Gasteiger partial charge in [0.2, 0.25) is 0 Å². The number of rotatable bonds is 7. The predicted molar refractivity (Wildman–Crippen MR) is 93.2 cm³/mol. The van der Waals surface area contributed by atoms with E-state index in [1.165, 1.54) is 11.1 Å². The maximum atomic E-state index is 9.10. The lowest BCUT2D eigenvalue weighted by Crippen LogP contribution is -2.29. The van der Waals surface area contributed by atoms with Gasteiger partial charge >= 0.3 is 11.9 Å². The Morgan fingerprint density at radius 3 is 2.44 bits per heavy atom. The molecule has 140 valence electrons. The summed E-state index contributed by atoms with van der Waals surface area (Å²) in [6, 6.07) is 9.20. The van der Waals surface area contributed by atoms with E-state index >= 15 is 0 Å². The molecule has 0 radical (unpaired) electrons. The van der Waals surface area contributed by atoms with Crippen molar-refractivity contribution in [1.29, 1.82) is 0 Å². The number of hydrogen-bond acceptors (Lipinski definition) is 6. The summed E-state index contributed by atoms with van der Waals surface area (Å²) in [5.41, 5.74) is 9.32. The van der Waals surface area contributed by atoms with Crippen LogP contribution in [0.15, 0.2) is 24.3 Å². The number of carboxylic acids is 2. The Morgan fingerprint density at radius 2 is 1.88 bits per heavy atom. The molecule has 5 N–H and O–H groups in total. The van der Waals surface area contributed by atoms with Crippen molar-refractivity contribution in [2.24, 2.45) is 5.92 Å². The SMILES string of the molecule is COCCCNCC1CNNC1c1ccc(C)cc1.O=C(O)C(=O)O. The van der Waals surface area contributed by atoms with Crippen LogP contribution in [0.4, 0.5) is 0 Å². The number of hydrogen-bond donors (Lipinski definition) is 5. The molecule has 1 aliphatic rings. The molecule has 1 fully saturated rings. The number of carboxylic acid groups (broad SMARTS) is 2. The van der Waals surface area contributed by atoms with Crippen molar-refractivity contribution in [2.75, 3.05) is 33.4 Å². The fraction of sp³-hybridized carbons (Fsp3) is 0.529. The number of nitrogens with one attached hydrogen (secondary N) is 3. The molecule has 2 rings (SSSR count). The van der Waals surface area contributed by atoms with E-state index in [1.807, 2.05) is 0 Å². The molecular formula is C17H27N3O5. The van der Waals surface area contributed by atoms with Crippen LogP contribution in [0, 0.1) is 12.8 Å². The van der Waals surface area contributed by atoms with Crippen molar-refractivity contribution in [3.63, 3.8) is 0 Å². The maximum Gasteiger partial charge on any atom is 0.414 e.